The lowest BCUT2D eigenvalue weighted by Crippen LogP contribution is -2.32. The quantitative estimate of drug-likeness (QED) is 0.319. The van der Waals surface area contributed by atoms with Gasteiger partial charge in [0.15, 0.2) is 0 Å². The number of aryl methyl sites for hydroxylation is 1. The molecule has 3 heteroatoms. The normalized spacial score (nSPS) is 11.2. The molecule has 0 amide bonds. The van der Waals surface area contributed by atoms with E-state index in [0.29, 0.717) is 0 Å². The van der Waals surface area contributed by atoms with Gasteiger partial charge in [0.2, 0.25) is 11.2 Å². The standard InChI is InChI=1S/C20H16N2O/c1-22-19-5-3-2-4-17(19)16-11-10-15(23)12-18(16)20(22)13-6-8-14(21)9-7-13/h2-12,21,23H,1H3/p+1. The molecule has 1 heterocycles. The number of para-hydroxylation sites is 1. The highest BCUT2D eigenvalue weighted by Crippen LogP contribution is 2.33. The molecule has 1 aromatic heterocycles. The van der Waals surface area contributed by atoms with E-state index in [1.54, 1.807) is 6.07 Å². The molecule has 3 aromatic carbocycles. The molecule has 0 aliphatic heterocycles. The van der Waals surface area contributed by atoms with Crippen molar-refractivity contribution in [3.05, 3.63) is 66.7 Å². The zero-order valence-corrected chi connectivity index (χ0v) is 12.8. The lowest BCUT2D eigenvalue weighted by Gasteiger charge is -2.10. The Morgan fingerprint density at radius 1 is 0.826 bits per heavy atom. The molecular weight excluding hydrogens is 284 g/mol. The van der Waals surface area contributed by atoms with Crippen LogP contribution in [0.3, 0.4) is 0 Å². The first-order valence-electron chi connectivity index (χ1n) is 7.54. The summed E-state index contributed by atoms with van der Waals surface area (Å²) in [4.78, 5) is 0. The molecule has 23 heavy (non-hydrogen) atoms. The van der Waals surface area contributed by atoms with Crippen LogP contribution in [0.4, 0.5) is 5.69 Å². The van der Waals surface area contributed by atoms with Crippen LogP contribution < -0.4 is 10.3 Å². The van der Waals surface area contributed by atoms with Gasteiger partial charge in [-0.2, -0.15) is 4.57 Å². The number of rotatable bonds is 1. The number of nitrogens with two attached hydrogens (primary N) is 1. The maximum absolute atomic E-state index is 9.98. The minimum atomic E-state index is 0.268. The molecule has 0 saturated heterocycles. The summed E-state index contributed by atoms with van der Waals surface area (Å²) >= 11 is 0. The van der Waals surface area contributed by atoms with E-state index in [2.05, 4.69) is 23.7 Å². The van der Waals surface area contributed by atoms with Crippen LogP contribution in [-0.4, -0.2) is 5.11 Å². The zero-order valence-electron chi connectivity index (χ0n) is 12.8. The van der Waals surface area contributed by atoms with Gasteiger partial charge >= 0.3 is 0 Å². The Kier molecular flexibility index (Phi) is 2.95. The molecule has 0 atom stereocenters. The number of phenols is 1. The van der Waals surface area contributed by atoms with Gasteiger partial charge in [-0.05, 0) is 48.5 Å². The van der Waals surface area contributed by atoms with Gasteiger partial charge in [-0.1, -0.05) is 12.1 Å². The van der Waals surface area contributed by atoms with Crippen molar-refractivity contribution in [2.45, 2.75) is 0 Å². The Morgan fingerprint density at radius 2 is 1.57 bits per heavy atom. The van der Waals surface area contributed by atoms with Crippen molar-refractivity contribution in [2.75, 3.05) is 5.73 Å². The van der Waals surface area contributed by atoms with Gasteiger partial charge in [-0.15, -0.1) is 0 Å². The largest absolute Gasteiger partial charge is 0.508 e. The number of pyridine rings is 1. The number of benzene rings is 3. The predicted octanol–water partition coefficient (Wildman–Crippen LogP) is 3.77. The fourth-order valence-corrected chi connectivity index (χ4v) is 3.25. The molecule has 0 fully saturated rings. The van der Waals surface area contributed by atoms with Crippen molar-refractivity contribution in [2.24, 2.45) is 7.05 Å². The average Bonchev–Trinajstić information content (AvgIpc) is 2.56. The minimum Gasteiger partial charge on any atom is -0.508 e. The number of fused-ring (bicyclic) bond motifs is 3. The van der Waals surface area contributed by atoms with Crippen LogP contribution in [0.2, 0.25) is 0 Å². The second-order valence-electron chi connectivity index (χ2n) is 5.78. The van der Waals surface area contributed by atoms with E-state index < -0.39 is 0 Å². The molecule has 3 nitrogen and oxygen atoms in total. The molecule has 4 rings (SSSR count). The fraction of sp³-hybridized carbons (Fsp3) is 0.0500. The minimum absolute atomic E-state index is 0.268. The number of aromatic nitrogens is 1. The summed E-state index contributed by atoms with van der Waals surface area (Å²) in [6, 6.07) is 21.7. The lowest BCUT2D eigenvalue weighted by atomic mass is 9.99. The highest BCUT2D eigenvalue weighted by atomic mass is 16.3. The molecular formula is C20H17N2O+. The van der Waals surface area contributed by atoms with Crippen molar-refractivity contribution in [1.29, 1.82) is 0 Å². The van der Waals surface area contributed by atoms with Crippen LogP contribution in [0.5, 0.6) is 5.75 Å². The molecule has 0 saturated carbocycles. The lowest BCUT2D eigenvalue weighted by molar-refractivity contribution is -0.632. The van der Waals surface area contributed by atoms with E-state index in [1.165, 1.54) is 5.39 Å². The Morgan fingerprint density at radius 3 is 2.35 bits per heavy atom. The van der Waals surface area contributed by atoms with Crippen LogP contribution >= 0.6 is 0 Å². The second kappa shape index (κ2) is 4.99. The van der Waals surface area contributed by atoms with Gasteiger partial charge in [0.1, 0.15) is 12.8 Å². The molecule has 0 spiro atoms. The van der Waals surface area contributed by atoms with Crippen LogP contribution in [0.25, 0.3) is 32.9 Å². The first-order chi connectivity index (χ1) is 11.1. The van der Waals surface area contributed by atoms with Crippen LogP contribution in [0, 0.1) is 0 Å². The van der Waals surface area contributed by atoms with Crippen LogP contribution in [-0.2, 0) is 7.05 Å². The fourth-order valence-electron chi connectivity index (χ4n) is 3.25. The molecule has 3 N–H and O–H groups in total. The molecule has 0 unspecified atom stereocenters. The van der Waals surface area contributed by atoms with Crippen molar-refractivity contribution >= 4 is 27.4 Å². The van der Waals surface area contributed by atoms with E-state index in [4.69, 9.17) is 5.73 Å². The average molecular weight is 301 g/mol. The number of hydrogen-bond acceptors (Lipinski definition) is 2. The van der Waals surface area contributed by atoms with E-state index in [9.17, 15) is 5.11 Å². The van der Waals surface area contributed by atoms with Crippen molar-refractivity contribution in [3.63, 3.8) is 0 Å². The van der Waals surface area contributed by atoms with Crippen LogP contribution in [0.15, 0.2) is 66.7 Å². The van der Waals surface area contributed by atoms with Crippen molar-refractivity contribution < 1.29 is 9.67 Å². The maximum atomic E-state index is 9.98. The van der Waals surface area contributed by atoms with Gasteiger partial charge in [0, 0.05) is 22.7 Å². The number of nitrogens with zero attached hydrogens (tertiary/aromatic N) is 1. The third-order valence-electron chi connectivity index (χ3n) is 4.33. The smallest absolute Gasteiger partial charge is 0.220 e. The topological polar surface area (TPSA) is 50.1 Å². The van der Waals surface area contributed by atoms with E-state index in [-0.39, 0.29) is 5.75 Å². The Labute approximate surface area is 134 Å². The summed E-state index contributed by atoms with van der Waals surface area (Å²) < 4.78 is 2.17. The van der Waals surface area contributed by atoms with Crippen molar-refractivity contribution in [1.82, 2.24) is 0 Å². The summed E-state index contributed by atoms with van der Waals surface area (Å²) in [5.41, 5.74) is 9.85. The van der Waals surface area contributed by atoms with Gasteiger partial charge in [0.05, 0.1) is 10.8 Å². The van der Waals surface area contributed by atoms with Crippen molar-refractivity contribution in [3.8, 4) is 17.0 Å². The first kappa shape index (κ1) is 13.6. The highest BCUT2D eigenvalue weighted by Gasteiger charge is 2.20. The number of nitrogen functional groups attached to an aromatic ring is 1. The first-order valence-corrected chi connectivity index (χ1v) is 7.54. The number of anilines is 1. The SMILES string of the molecule is C[n+]1c(-c2ccc(N)cc2)c2cc(O)ccc2c2ccccc21. The number of aromatic hydroxyl groups is 1. The second-order valence-corrected chi connectivity index (χ2v) is 5.78. The van der Waals surface area contributed by atoms with Gasteiger partial charge in [-0.25, -0.2) is 0 Å². The predicted molar refractivity (Wildman–Crippen MR) is 94.1 cm³/mol. The third-order valence-corrected chi connectivity index (χ3v) is 4.33. The monoisotopic (exact) mass is 301 g/mol. The molecule has 0 bridgehead atoms. The van der Waals surface area contributed by atoms with Crippen LogP contribution in [0.1, 0.15) is 0 Å². The third kappa shape index (κ3) is 2.09. The summed E-state index contributed by atoms with van der Waals surface area (Å²) in [6.07, 6.45) is 0. The van der Waals surface area contributed by atoms with E-state index in [1.807, 2.05) is 48.5 Å². The molecule has 112 valence electrons. The highest BCUT2D eigenvalue weighted by molar-refractivity contribution is 6.09. The Bertz CT molecular complexity index is 1040. The number of hydrogen-bond donors (Lipinski definition) is 2. The molecule has 0 aliphatic rings. The summed E-state index contributed by atoms with van der Waals surface area (Å²) in [5.74, 6) is 0.268. The van der Waals surface area contributed by atoms with Gasteiger partial charge in [0.25, 0.3) is 0 Å². The summed E-state index contributed by atoms with van der Waals surface area (Å²) in [7, 11) is 2.05. The summed E-state index contributed by atoms with van der Waals surface area (Å²) in [6.45, 7) is 0. The molecule has 0 radical (unpaired) electrons. The molecule has 0 aliphatic carbocycles. The maximum Gasteiger partial charge on any atom is 0.220 e. The van der Waals surface area contributed by atoms with E-state index in [0.717, 1.165) is 33.2 Å². The summed E-state index contributed by atoms with van der Waals surface area (Å²) in [5, 5.41) is 13.3. The Hall–Kier alpha value is -3.07. The molecule has 4 aromatic rings. The zero-order chi connectivity index (χ0) is 16.0. The number of phenolic OH excluding ortho intramolecular Hbond substituents is 1. The van der Waals surface area contributed by atoms with Gasteiger partial charge in [-0.3, -0.25) is 0 Å². The van der Waals surface area contributed by atoms with Gasteiger partial charge < -0.3 is 10.8 Å². The van der Waals surface area contributed by atoms with E-state index >= 15 is 0 Å². The Balaban J connectivity index is 2.21.